The minimum absolute atomic E-state index is 0.0633. The van der Waals surface area contributed by atoms with E-state index in [0.29, 0.717) is 19.3 Å². The van der Waals surface area contributed by atoms with Gasteiger partial charge in [-0.1, -0.05) is 266 Å². The van der Waals surface area contributed by atoms with E-state index in [1.54, 1.807) is 0 Å². The highest BCUT2D eigenvalue weighted by Crippen LogP contribution is 2.18. The first-order valence-corrected chi connectivity index (χ1v) is 27.3. The molecule has 0 aliphatic heterocycles. The number of hydrogen-bond acceptors (Lipinski definition) is 6. The molecule has 1 unspecified atom stereocenters. The summed E-state index contributed by atoms with van der Waals surface area (Å²) in [7, 11) is 0. The largest absolute Gasteiger partial charge is 0.462 e. The molecule has 0 rings (SSSR count). The van der Waals surface area contributed by atoms with Crippen LogP contribution in [0.25, 0.3) is 0 Å². The molecule has 362 valence electrons. The van der Waals surface area contributed by atoms with E-state index in [2.05, 4.69) is 34.6 Å². The minimum Gasteiger partial charge on any atom is -0.462 e. The summed E-state index contributed by atoms with van der Waals surface area (Å²) in [6, 6.07) is 0. The molecule has 0 aromatic heterocycles. The van der Waals surface area contributed by atoms with Crippen molar-refractivity contribution in [1.82, 2.24) is 0 Å². The van der Waals surface area contributed by atoms with Crippen molar-refractivity contribution in [2.45, 2.75) is 310 Å². The molecule has 0 fully saturated rings. The Bertz CT molecular complexity index is 933. The van der Waals surface area contributed by atoms with E-state index in [1.165, 1.54) is 193 Å². The maximum Gasteiger partial charge on any atom is 0.306 e. The lowest BCUT2D eigenvalue weighted by molar-refractivity contribution is -0.167. The van der Waals surface area contributed by atoms with E-state index in [-0.39, 0.29) is 31.1 Å². The van der Waals surface area contributed by atoms with Crippen LogP contribution in [0.5, 0.6) is 0 Å². The van der Waals surface area contributed by atoms with Gasteiger partial charge in [0, 0.05) is 19.3 Å². The van der Waals surface area contributed by atoms with E-state index in [9.17, 15) is 14.4 Å². The summed E-state index contributed by atoms with van der Waals surface area (Å²) in [5.74, 6) is 0.859. The lowest BCUT2D eigenvalue weighted by atomic mass is 9.99. The highest BCUT2D eigenvalue weighted by Gasteiger charge is 2.19. The van der Waals surface area contributed by atoms with Crippen molar-refractivity contribution < 1.29 is 28.6 Å². The SMILES string of the molecule is CCCCCCCCCCCCCCCC(=O)O[C@@H](COC(=O)CCCCCCCCCCCCCCCCC(C)CC)COC(=O)CCCCCCCCCCCC(C)C. The normalized spacial score (nSPS) is 12.5. The molecule has 0 aliphatic rings. The summed E-state index contributed by atoms with van der Waals surface area (Å²) in [5.41, 5.74) is 0. The van der Waals surface area contributed by atoms with Gasteiger partial charge in [0.1, 0.15) is 13.2 Å². The Kier molecular flexibility index (Phi) is 46.6. The van der Waals surface area contributed by atoms with E-state index in [1.807, 2.05) is 0 Å². The molecule has 0 spiro atoms. The maximum atomic E-state index is 12.8. The smallest absolute Gasteiger partial charge is 0.306 e. The molecule has 0 radical (unpaired) electrons. The average molecular weight is 863 g/mol. The van der Waals surface area contributed by atoms with E-state index >= 15 is 0 Å². The van der Waals surface area contributed by atoms with E-state index in [4.69, 9.17) is 14.2 Å². The molecular weight excluding hydrogens is 757 g/mol. The van der Waals surface area contributed by atoms with Crippen LogP contribution in [-0.2, 0) is 28.6 Å². The lowest BCUT2D eigenvalue weighted by Gasteiger charge is -2.18. The van der Waals surface area contributed by atoms with Crippen molar-refractivity contribution in [3.05, 3.63) is 0 Å². The predicted octanol–water partition coefficient (Wildman–Crippen LogP) is 17.7. The Morgan fingerprint density at radius 3 is 0.934 bits per heavy atom. The Hall–Kier alpha value is -1.59. The van der Waals surface area contributed by atoms with Gasteiger partial charge in [0.25, 0.3) is 0 Å². The molecular formula is C55H106O6. The fourth-order valence-corrected chi connectivity index (χ4v) is 8.31. The Balaban J connectivity index is 4.28. The van der Waals surface area contributed by atoms with Crippen LogP contribution in [0.15, 0.2) is 0 Å². The zero-order chi connectivity index (χ0) is 44.7. The number of hydrogen-bond donors (Lipinski definition) is 0. The van der Waals surface area contributed by atoms with Crippen molar-refractivity contribution in [3.63, 3.8) is 0 Å². The Labute approximate surface area is 380 Å². The molecule has 0 aromatic carbocycles. The van der Waals surface area contributed by atoms with Crippen LogP contribution in [0.1, 0.15) is 304 Å². The molecule has 0 saturated heterocycles. The number of unbranched alkanes of at least 4 members (excludes halogenated alkanes) is 33. The van der Waals surface area contributed by atoms with Crippen molar-refractivity contribution in [3.8, 4) is 0 Å². The molecule has 2 atom stereocenters. The molecule has 0 amide bonds. The van der Waals surface area contributed by atoms with Crippen LogP contribution in [0, 0.1) is 11.8 Å². The number of carbonyl (C=O) groups excluding carboxylic acids is 3. The van der Waals surface area contributed by atoms with Gasteiger partial charge in [-0.15, -0.1) is 0 Å². The maximum absolute atomic E-state index is 12.8. The topological polar surface area (TPSA) is 78.9 Å². The molecule has 0 heterocycles. The van der Waals surface area contributed by atoms with Gasteiger partial charge in [0.2, 0.25) is 0 Å². The molecule has 6 nitrogen and oxygen atoms in total. The molecule has 6 heteroatoms. The monoisotopic (exact) mass is 863 g/mol. The van der Waals surface area contributed by atoms with Gasteiger partial charge in [-0.25, -0.2) is 0 Å². The van der Waals surface area contributed by atoms with Gasteiger partial charge in [-0.2, -0.15) is 0 Å². The van der Waals surface area contributed by atoms with Crippen molar-refractivity contribution in [1.29, 1.82) is 0 Å². The Morgan fingerprint density at radius 1 is 0.344 bits per heavy atom. The average Bonchev–Trinajstić information content (AvgIpc) is 3.24. The van der Waals surface area contributed by atoms with Crippen LogP contribution in [0.4, 0.5) is 0 Å². The van der Waals surface area contributed by atoms with Gasteiger partial charge in [0.05, 0.1) is 0 Å². The van der Waals surface area contributed by atoms with Crippen LogP contribution < -0.4 is 0 Å². The first-order chi connectivity index (χ1) is 29.8. The molecule has 61 heavy (non-hydrogen) atoms. The van der Waals surface area contributed by atoms with Crippen LogP contribution in [-0.4, -0.2) is 37.2 Å². The van der Waals surface area contributed by atoms with Crippen LogP contribution >= 0.6 is 0 Å². The quantitative estimate of drug-likeness (QED) is 0.0344. The zero-order valence-corrected chi connectivity index (χ0v) is 41.8. The standard InChI is InChI=1S/C55H106O6/c1-6-8-9-10-11-12-13-16-21-26-32-37-42-47-55(58)61-52(49-60-54(57)46-41-36-31-27-22-23-28-33-38-43-50(3)4)48-59-53(56)45-40-35-30-25-20-18-15-14-17-19-24-29-34-39-44-51(5)7-2/h50-52H,6-49H2,1-5H3/t51?,52-/m0/s1. The zero-order valence-electron chi connectivity index (χ0n) is 41.8. The third-order valence-electron chi connectivity index (χ3n) is 12.8. The van der Waals surface area contributed by atoms with Gasteiger partial charge in [0.15, 0.2) is 6.10 Å². The first-order valence-electron chi connectivity index (χ1n) is 27.3. The van der Waals surface area contributed by atoms with Gasteiger partial charge in [-0.3, -0.25) is 14.4 Å². The van der Waals surface area contributed by atoms with Crippen LogP contribution in [0.3, 0.4) is 0 Å². The molecule has 0 saturated carbocycles. The summed E-state index contributed by atoms with van der Waals surface area (Å²) in [6.45, 7) is 11.4. The summed E-state index contributed by atoms with van der Waals surface area (Å²) in [6.07, 6.45) is 49.4. The second kappa shape index (κ2) is 47.9. The fraction of sp³-hybridized carbons (Fsp3) is 0.945. The van der Waals surface area contributed by atoms with Gasteiger partial charge >= 0.3 is 17.9 Å². The highest BCUT2D eigenvalue weighted by molar-refractivity contribution is 5.71. The van der Waals surface area contributed by atoms with E-state index < -0.39 is 6.10 Å². The second-order valence-electron chi connectivity index (χ2n) is 19.6. The summed E-state index contributed by atoms with van der Waals surface area (Å²) in [5, 5.41) is 0. The number of esters is 3. The van der Waals surface area contributed by atoms with Gasteiger partial charge in [-0.05, 0) is 31.1 Å². The fourth-order valence-electron chi connectivity index (χ4n) is 8.31. The summed E-state index contributed by atoms with van der Waals surface area (Å²) >= 11 is 0. The van der Waals surface area contributed by atoms with Gasteiger partial charge < -0.3 is 14.2 Å². The third kappa shape index (κ3) is 47.7. The molecule has 0 N–H and O–H groups in total. The molecule has 0 aliphatic carbocycles. The third-order valence-corrected chi connectivity index (χ3v) is 12.8. The lowest BCUT2D eigenvalue weighted by Crippen LogP contribution is -2.30. The van der Waals surface area contributed by atoms with Crippen LogP contribution in [0.2, 0.25) is 0 Å². The second-order valence-corrected chi connectivity index (χ2v) is 19.6. The van der Waals surface area contributed by atoms with Crippen molar-refractivity contribution in [2.75, 3.05) is 13.2 Å². The number of carbonyl (C=O) groups is 3. The number of rotatable bonds is 49. The molecule has 0 aromatic rings. The predicted molar refractivity (Wildman–Crippen MR) is 261 cm³/mol. The summed E-state index contributed by atoms with van der Waals surface area (Å²) < 4.78 is 16.8. The van der Waals surface area contributed by atoms with Crippen molar-refractivity contribution >= 4 is 17.9 Å². The van der Waals surface area contributed by atoms with E-state index in [0.717, 1.165) is 69.6 Å². The Morgan fingerprint density at radius 2 is 0.623 bits per heavy atom. The summed E-state index contributed by atoms with van der Waals surface area (Å²) in [4.78, 5) is 38.0. The van der Waals surface area contributed by atoms with Crippen molar-refractivity contribution in [2.24, 2.45) is 11.8 Å². The highest BCUT2D eigenvalue weighted by atomic mass is 16.6. The first kappa shape index (κ1) is 59.4. The molecule has 0 bridgehead atoms. The number of ether oxygens (including phenoxy) is 3. The minimum atomic E-state index is -0.762.